The lowest BCUT2D eigenvalue weighted by molar-refractivity contribution is 0.590. The summed E-state index contributed by atoms with van der Waals surface area (Å²) in [6.45, 7) is 13.7. The quantitative estimate of drug-likeness (QED) is 0.207. The fourth-order valence-electron chi connectivity index (χ4n) is 7.50. The Hall–Kier alpha value is -5.68. The molecule has 0 aliphatic heterocycles. The smallest absolute Gasteiger partial charge is 0.143 e. The van der Waals surface area contributed by atoms with Crippen LogP contribution in [-0.2, 0) is 17.9 Å². The Balaban J connectivity index is 1.31. The van der Waals surface area contributed by atoms with Gasteiger partial charge >= 0.3 is 0 Å². The van der Waals surface area contributed by atoms with Gasteiger partial charge in [0.25, 0.3) is 0 Å². The van der Waals surface area contributed by atoms with Crippen molar-refractivity contribution in [3.63, 3.8) is 0 Å². The Kier molecular flexibility index (Phi) is 6.48. The predicted octanol–water partition coefficient (Wildman–Crippen LogP) is 12.1. The highest BCUT2D eigenvalue weighted by atomic mass is 16.3. The van der Waals surface area contributed by atoms with Crippen LogP contribution in [0.5, 0.6) is 0 Å². The number of hydrogen-bond acceptors (Lipinski definition) is 3. The standard InChI is InChI=1S/C45H40N4O/c1-44(2,3)27-18-19-36-31(23-27)32-24-28(45(4,5)6)25-34(41(32)47-36)43-48-42-29(14-12-16-37(42)49(43)7)26-21-33(35-15-10-11-20-46-35)40-30-13-8-9-17-38(30)50-39(40)22-26/h8-25,47H,1-7H3. The Morgan fingerprint density at radius 1 is 0.640 bits per heavy atom. The van der Waals surface area contributed by atoms with Crippen LogP contribution in [0.1, 0.15) is 52.7 Å². The number of nitrogens with one attached hydrogen (secondary N) is 1. The van der Waals surface area contributed by atoms with Crippen molar-refractivity contribution in [1.29, 1.82) is 0 Å². The molecule has 0 radical (unpaired) electrons. The fourth-order valence-corrected chi connectivity index (χ4v) is 7.50. The summed E-state index contributed by atoms with van der Waals surface area (Å²) in [5.41, 5.74) is 13.8. The van der Waals surface area contributed by atoms with Gasteiger partial charge in [0, 0.05) is 57.0 Å². The van der Waals surface area contributed by atoms with Crippen molar-refractivity contribution in [2.45, 2.75) is 52.4 Å². The van der Waals surface area contributed by atoms with Crippen LogP contribution in [0.4, 0.5) is 0 Å². The molecule has 5 nitrogen and oxygen atoms in total. The molecule has 4 aromatic heterocycles. The molecule has 0 amide bonds. The van der Waals surface area contributed by atoms with Gasteiger partial charge in [-0.25, -0.2) is 4.98 Å². The molecule has 0 bridgehead atoms. The second-order valence-corrected chi connectivity index (χ2v) is 15.7. The first kappa shape index (κ1) is 30.4. The van der Waals surface area contributed by atoms with Crippen molar-refractivity contribution in [2.75, 3.05) is 0 Å². The molecule has 0 spiro atoms. The van der Waals surface area contributed by atoms with Crippen LogP contribution in [0.3, 0.4) is 0 Å². The highest BCUT2D eigenvalue weighted by molar-refractivity contribution is 6.15. The molecule has 0 aliphatic rings. The molecule has 1 N–H and O–H groups in total. The minimum Gasteiger partial charge on any atom is -0.456 e. The minimum atomic E-state index is -0.0478. The zero-order valence-electron chi connectivity index (χ0n) is 29.6. The van der Waals surface area contributed by atoms with Gasteiger partial charge in [0.15, 0.2) is 0 Å². The van der Waals surface area contributed by atoms with Gasteiger partial charge in [-0.05, 0) is 88.2 Å². The molecule has 0 unspecified atom stereocenters. The number of imidazole rings is 1. The summed E-state index contributed by atoms with van der Waals surface area (Å²) in [7, 11) is 2.13. The molecular formula is C45H40N4O. The van der Waals surface area contributed by atoms with Gasteiger partial charge in [-0.1, -0.05) is 84.0 Å². The second-order valence-electron chi connectivity index (χ2n) is 15.7. The number of benzene rings is 5. The Morgan fingerprint density at radius 2 is 1.42 bits per heavy atom. The molecular weight excluding hydrogens is 613 g/mol. The number of nitrogens with zero attached hydrogens (tertiary/aromatic N) is 3. The normalized spacial score (nSPS) is 12.7. The van der Waals surface area contributed by atoms with Crippen LogP contribution in [0.2, 0.25) is 0 Å². The Morgan fingerprint density at radius 3 is 2.20 bits per heavy atom. The largest absolute Gasteiger partial charge is 0.456 e. The number of aromatic nitrogens is 4. The number of H-pyrrole nitrogens is 1. The van der Waals surface area contributed by atoms with Gasteiger partial charge in [-0.2, -0.15) is 0 Å². The summed E-state index contributed by atoms with van der Waals surface area (Å²) in [6, 6.07) is 36.7. The lowest BCUT2D eigenvalue weighted by Crippen LogP contribution is -2.11. The Labute approximate surface area is 291 Å². The Bertz CT molecular complexity index is 2780. The predicted molar refractivity (Wildman–Crippen MR) is 209 cm³/mol. The van der Waals surface area contributed by atoms with Gasteiger partial charge in [-0.15, -0.1) is 0 Å². The lowest BCUT2D eigenvalue weighted by atomic mass is 9.84. The monoisotopic (exact) mass is 652 g/mol. The van der Waals surface area contributed by atoms with Gasteiger partial charge in [0.2, 0.25) is 0 Å². The first-order chi connectivity index (χ1) is 24.0. The van der Waals surface area contributed by atoms with Crippen molar-refractivity contribution in [1.82, 2.24) is 19.5 Å². The number of hydrogen-bond donors (Lipinski definition) is 1. The van der Waals surface area contributed by atoms with Gasteiger partial charge < -0.3 is 14.0 Å². The van der Waals surface area contributed by atoms with Gasteiger partial charge in [-0.3, -0.25) is 4.98 Å². The second kappa shape index (κ2) is 10.7. The molecule has 0 atom stereocenters. The molecule has 0 fully saturated rings. The van der Waals surface area contributed by atoms with E-state index >= 15 is 0 Å². The molecule has 9 rings (SSSR count). The van der Waals surface area contributed by atoms with E-state index in [4.69, 9.17) is 14.4 Å². The molecule has 0 aliphatic carbocycles. The van der Waals surface area contributed by atoms with Crippen LogP contribution < -0.4 is 0 Å². The maximum Gasteiger partial charge on any atom is 0.143 e. The van der Waals surface area contributed by atoms with E-state index in [9.17, 15) is 0 Å². The third kappa shape index (κ3) is 4.68. The summed E-state index contributed by atoms with van der Waals surface area (Å²) < 4.78 is 8.72. The van der Waals surface area contributed by atoms with Crippen LogP contribution in [0, 0.1) is 0 Å². The average molecular weight is 653 g/mol. The minimum absolute atomic E-state index is 0.0478. The number of aromatic amines is 1. The summed E-state index contributed by atoms with van der Waals surface area (Å²) in [6.07, 6.45) is 1.85. The van der Waals surface area contributed by atoms with E-state index in [1.807, 2.05) is 30.5 Å². The van der Waals surface area contributed by atoms with E-state index in [2.05, 4.69) is 137 Å². The molecule has 5 aromatic carbocycles. The van der Waals surface area contributed by atoms with Gasteiger partial charge in [0.05, 0.1) is 22.2 Å². The molecule has 4 heterocycles. The molecule has 0 saturated heterocycles. The summed E-state index contributed by atoms with van der Waals surface area (Å²) in [5, 5.41) is 4.65. The number of fused-ring (bicyclic) bond motifs is 7. The maximum absolute atomic E-state index is 6.48. The molecule has 9 aromatic rings. The maximum atomic E-state index is 6.48. The number of furan rings is 1. The molecule has 0 saturated carbocycles. The SMILES string of the molecule is Cn1c(-c2cc(C(C)(C)C)cc3c2[nH]c2ccc(C(C)(C)C)cc23)nc2c(-c3cc(-c4ccccn4)c4c(c3)oc3ccccc34)cccc21. The van der Waals surface area contributed by atoms with E-state index in [-0.39, 0.29) is 10.8 Å². The van der Waals surface area contributed by atoms with Crippen molar-refractivity contribution in [3.8, 4) is 33.8 Å². The molecule has 50 heavy (non-hydrogen) atoms. The highest BCUT2D eigenvalue weighted by Crippen LogP contribution is 2.43. The topological polar surface area (TPSA) is 59.6 Å². The zero-order chi connectivity index (χ0) is 34.5. The summed E-state index contributed by atoms with van der Waals surface area (Å²) in [4.78, 5) is 14.1. The van der Waals surface area contributed by atoms with E-state index < -0.39 is 0 Å². The van der Waals surface area contributed by atoms with Crippen molar-refractivity contribution < 1.29 is 4.42 Å². The van der Waals surface area contributed by atoms with E-state index in [1.54, 1.807) is 0 Å². The van der Waals surface area contributed by atoms with Crippen LogP contribution in [0.15, 0.2) is 114 Å². The highest BCUT2D eigenvalue weighted by Gasteiger charge is 2.24. The summed E-state index contributed by atoms with van der Waals surface area (Å²) in [5.74, 6) is 0.931. The van der Waals surface area contributed by atoms with Crippen molar-refractivity contribution in [3.05, 3.63) is 120 Å². The number of rotatable bonds is 3. The van der Waals surface area contributed by atoms with E-state index in [1.165, 1.54) is 21.9 Å². The fraction of sp³-hybridized carbons (Fsp3) is 0.200. The van der Waals surface area contributed by atoms with Crippen molar-refractivity contribution >= 4 is 54.8 Å². The lowest BCUT2D eigenvalue weighted by Gasteiger charge is -2.21. The van der Waals surface area contributed by atoms with Crippen molar-refractivity contribution in [2.24, 2.45) is 7.05 Å². The van der Waals surface area contributed by atoms with Crippen LogP contribution >= 0.6 is 0 Å². The zero-order valence-corrected chi connectivity index (χ0v) is 29.6. The van der Waals surface area contributed by atoms with Crippen LogP contribution in [-0.4, -0.2) is 19.5 Å². The van der Waals surface area contributed by atoms with E-state index in [0.717, 1.165) is 77.8 Å². The third-order valence-corrected chi connectivity index (χ3v) is 10.3. The number of pyridine rings is 1. The van der Waals surface area contributed by atoms with Gasteiger partial charge in [0.1, 0.15) is 17.0 Å². The summed E-state index contributed by atoms with van der Waals surface area (Å²) >= 11 is 0. The van der Waals surface area contributed by atoms with Crippen LogP contribution in [0.25, 0.3) is 88.5 Å². The first-order valence-corrected chi connectivity index (χ1v) is 17.4. The average Bonchev–Trinajstić information content (AvgIpc) is 3.77. The molecule has 246 valence electrons. The first-order valence-electron chi connectivity index (χ1n) is 17.4. The molecule has 5 heteroatoms. The van der Waals surface area contributed by atoms with E-state index in [0.29, 0.717) is 0 Å². The number of aryl methyl sites for hydroxylation is 1. The number of para-hydroxylation sites is 2. The third-order valence-electron chi connectivity index (χ3n) is 10.3.